The highest BCUT2D eigenvalue weighted by Crippen LogP contribution is 2.29. The number of aryl methyl sites for hydroxylation is 1. The molecule has 1 heterocycles. The molecule has 0 radical (unpaired) electrons. The van der Waals surface area contributed by atoms with E-state index in [1.165, 1.54) is 5.56 Å². The first-order valence-corrected chi connectivity index (χ1v) is 6.94. The Morgan fingerprint density at radius 1 is 1.10 bits per heavy atom. The molecule has 0 bridgehead atoms. The van der Waals surface area contributed by atoms with Gasteiger partial charge in [-0.15, -0.1) is 0 Å². The molecule has 0 spiro atoms. The van der Waals surface area contributed by atoms with Crippen LogP contribution in [0.3, 0.4) is 0 Å². The van der Waals surface area contributed by atoms with E-state index < -0.39 is 0 Å². The van der Waals surface area contributed by atoms with Crippen molar-refractivity contribution in [3.8, 4) is 11.6 Å². The number of ether oxygens (including phenoxy) is 1. The fraction of sp³-hybridized carbons (Fsp3) is 0.353. The molecular weight excluding hydrogens is 248 g/mol. The molecular formula is C17H22N2O. The highest BCUT2D eigenvalue weighted by molar-refractivity contribution is 5.44. The molecule has 0 aliphatic heterocycles. The number of nitrogens with zero attached hydrogens (tertiary/aromatic N) is 1. The zero-order valence-corrected chi connectivity index (χ0v) is 12.6. The van der Waals surface area contributed by atoms with E-state index in [9.17, 15) is 0 Å². The van der Waals surface area contributed by atoms with Gasteiger partial charge in [0.1, 0.15) is 5.75 Å². The molecule has 0 atom stereocenters. The molecule has 0 fully saturated rings. The second-order valence-electron chi connectivity index (χ2n) is 5.69. The molecule has 0 aliphatic carbocycles. The molecule has 0 aliphatic rings. The highest BCUT2D eigenvalue weighted by atomic mass is 16.5. The van der Waals surface area contributed by atoms with Crippen molar-refractivity contribution in [2.24, 2.45) is 0 Å². The van der Waals surface area contributed by atoms with Crippen LogP contribution in [-0.4, -0.2) is 4.98 Å². The van der Waals surface area contributed by atoms with Crippen molar-refractivity contribution in [3.05, 3.63) is 47.7 Å². The number of rotatable bonds is 4. The molecule has 0 unspecified atom stereocenters. The molecule has 0 amide bonds. The minimum absolute atomic E-state index is 0.189. The van der Waals surface area contributed by atoms with Crippen LogP contribution in [0.1, 0.15) is 38.4 Å². The van der Waals surface area contributed by atoms with Crippen molar-refractivity contribution < 1.29 is 4.74 Å². The van der Waals surface area contributed by atoms with E-state index in [0.717, 1.165) is 17.9 Å². The molecule has 20 heavy (non-hydrogen) atoms. The van der Waals surface area contributed by atoms with Crippen LogP contribution in [0.25, 0.3) is 0 Å². The Kier molecular flexibility index (Phi) is 3.98. The molecule has 106 valence electrons. The van der Waals surface area contributed by atoms with E-state index in [4.69, 9.17) is 10.5 Å². The summed E-state index contributed by atoms with van der Waals surface area (Å²) in [5, 5.41) is 0. The molecule has 2 rings (SSSR count). The van der Waals surface area contributed by atoms with Gasteiger partial charge in [-0.2, -0.15) is 0 Å². The van der Waals surface area contributed by atoms with Gasteiger partial charge < -0.3 is 10.5 Å². The Morgan fingerprint density at radius 3 is 2.30 bits per heavy atom. The van der Waals surface area contributed by atoms with Gasteiger partial charge in [0.05, 0.1) is 11.4 Å². The fourth-order valence-corrected chi connectivity index (χ4v) is 1.90. The van der Waals surface area contributed by atoms with Gasteiger partial charge >= 0.3 is 0 Å². The largest absolute Gasteiger partial charge is 0.439 e. The Bertz CT molecular complexity index is 588. The van der Waals surface area contributed by atoms with E-state index in [1.807, 2.05) is 25.1 Å². The van der Waals surface area contributed by atoms with Crippen molar-refractivity contribution in [1.82, 2.24) is 4.98 Å². The van der Waals surface area contributed by atoms with Gasteiger partial charge in [0, 0.05) is 6.07 Å². The molecule has 0 saturated heterocycles. The van der Waals surface area contributed by atoms with E-state index in [-0.39, 0.29) is 5.41 Å². The summed E-state index contributed by atoms with van der Waals surface area (Å²) in [6.45, 7) is 8.56. The summed E-state index contributed by atoms with van der Waals surface area (Å²) in [6.07, 6.45) is 1.10. The van der Waals surface area contributed by atoms with E-state index in [0.29, 0.717) is 11.6 Å². The lowest BCUT2D eigenvalue weighted by molar-refractivity contribution is 0.459. The standard InChI is InChI=1S/C17H22N2O/c1-5-17(3,4)13-6-8-14(9-7-13)20-16-11-10-15(18)12(2)19-16/h6-11H,5,18H2,1-4H3. The summed E-state index contributed by atoms with van der Waals surface area (Å²) in [4.78, 5) is 4.31. The lowest BCUT2D eigenvalue weighted by Crippen LogP contribution is -2.14. The van der Waals surface area contributed by atoms with Gasteiger partial charge in [-0.3, -0.25) is 0 Å². The van der Waals surface area contributed by atoms with Crippen molar-refractivity contribution in [2.75, 3.05) is 5.73 Å². The third kappa shape index (κ3) is 3.10. The normalized spacial score (nSPS) is 11.4. The highest BCUT2D eigenvalue weighted by Gasteiger charge is 2.17. The van der Waals surface area contributed by atoms with Gasteiger partial charge in [0.15, 0.2) is 0 Å². The van der Waals surface area contributed by atoms with E-state index in [1.54, 1.807) is 6.07 Å². The first kappa shape index (κ1) is 14.4. The van der Waals surface area contributed by atoms with Crippen LogP contribution in [0.15, 0.2) is 36.4 Å². The van der Waals surface area contributed by atoms with Gasteiger partial charge in [-0.05, 0) is 42.5 Å². The van der Waals surface area contributed by atoms with Crippen molar-refractivity contribution in [1.29, 1.82) is 0 Å². The van der Waals surface area contributed by atoms with Crippen LogP contribution >= 0.6 is 0 Å². The summed E-state index contributed by atoms with van der Waals surface area (Å²) in [5.74, 6) is 1.36. The first-order valence-electron chi connectivity index (χ1n) is 6.94. The number of aromatic nitrogens is 1. The molecule has 3 nitrogen and oxygen atoms in total. The Labute approximate surface area is 120 Å². The molecule has 1 aromatic heterocycles. The number of nitrogens with two attached hydrogens (primary N) is 1. The average molecular weight is 270 g/mol. The maximum atomic E-state index is 5.75. The summed E-state index contributed by atoms with van der Waals surface area (Å²) in [5.41, 5.74) is 8.71. The van der Waals surface area contributed by atoms with Gasteiger partial charge in [-0.1, -0.05) is 32.9 Å². The molecule has 0 saturated carbocycles. The van der Waals surface area contributed by atoms with Gasteiger partial charge in [0.25, 0.3) is 0 Å². The second kappa shape index (κ2) is 5.53. The van der Waals surface area contributed by atoms with Crippen LogP contribution in [-0.2, 0) is 5.41 Å². The molecule has 2 aromatic rings. The minimum Gasteiger partial charge on any atom is -0.439 e. The third-order valence-corrected chi connectivity index (χ3v) is 3.84. The summed E-state index contributed by atoms with van der Waals surface area (Å²) < 4.78 is 5.75. The number of anilines is 1. The maximum Gasteiger partial charge on any atom is 0.219 e. The molecule has 1 aromatic carbocycles. The molecule has 2 N–H and O–H groups in total. The van der Waals surface area contributed by atoms with E-state index in [2.05, 4.69) is 37.9 Å². The maximum absolute atomic E-state index is 5.75. The average Bonchev–Trinajstić information content (AvgIpc) is 2.43. The number of hydrogen-bond donors (Lipinski definition) is 1. The zero-order valence-electron chi connectivity index (χ0n) is 12.6. The topological polar surface area (TPSA) is 48.1 Å². The third-order valence-electron chi connectivity index (χ3n) is 3.84. The second-order valence-corrected chi connectivity index (χ2v) is 5.69. The lowest BCUT2D eigenvalue weighted by Gasteiger charge is -2.23. The van der Waals surface area contributed by atoms with Gasteiger partial charge in [-0.25, -0.2) is 4.98 Å². The lowest BCUT2D eigenvalue weighted by atomic mass is 9.82. The van der Waals surface area contributed by atoms with Crippen molar-refractivity contribution in [2.45, 2.75) is 39.5 Å². The van der Waals surface area contributed by atoms with Crippen LogP contribution in [0.5, 0.6) is 11.6 Å². The number of benzene rings is 1. The van der Waals surface area contributed by atoms with Crippen molar-refractivity contribution in [3.63, 3.8) is 0 Å². The smallest absolute Gasteiger partial charge is 0.219 e. The van der Waals surface area contributed by atoms with E-state index >= 15 is 0 Å². The summed E-state index contributed by atoms with van der Waals surface area (Å²) >= 11 is 0. The predicted molar refractivity (Wildman–Crippen MR) is 83.2 cm³/mol. The number of hydrogen-bond acceptors (Lipinski definition) is 3. The quantitative estimate of drug-likeness (QED) is 0.892. The Balaban J connectivity index is 2.16. The van der Waals surface area contributed by atoms with Crippen LogP contribution < -0.4 is 10.5 Å². The van der Waals surface area contributed by atoms with Crippen LogP contribution in [0.2, 0.25) is 0 Å². The molecule has 3 heteroatoms. The minimum atomic E-state index is 0.189. The Hall–Kier alpha value is -2.03. The number of nitrogen functional groups attached to an aromatic ring is 1. The zero-order chi connectivity index (χ0) is 14.8. The fourth-order valence-electron chi connectivity index (χ4n) is 1.90. The van der Waals surface area contributed by atoms with Crippen LogP contribution in [0.4, 0.5) is 5.69 Å². The summed E-state index contributed by atoms with van der Waals surface area (Å²) in [7, 11) is 0. The van der Waals surface area contributed by atoms with Gasteiger partial charge in [0.2, 0.25) is 5.88 Å². The van der Waals surface area contributed by atoms with Crippen molar-refractivity contribution >= 4 is 5.69 Å². The SMILES string of the molecule is CCC(C)(C)c1ccc(Oc2ccc(N)c(C)n2)cc1. The monoisotopic (exact) mass is 270 g/mol. The number of pyridine rings is 1. The Morgan fingerprint density at radius 2 is 1.75 bits per heavy atom. The van der Waals surface area contributed by atoms with Crippen LogP contribution in [0, 0.1) is 6.92 Å². The predicted octanol–water partition coefficient (Wildman–Crippen LogP) is 4.45. The first-order chi connectivity index (χ1) is 9.42. The summed E-state index contributed by atoms with van der Waals surface area (Å²) in [6, 6.07) is 11.8.